The van der Waals surface area contributed by atoms with Crippen molar-refractivity contribution in [2.75, 3.05) is 19.8 Å². The van der Waals surface area contributed by atoms with Crippen LogP contribution in [0.5, 0.6) is 5.75 Å². The Morgan fingerprint density at radius 2 is 2.21 bits per heavy atom. The molecule has 1 amide bonds. The van der Waals surface area contributed by atoms with Gasteiger partial charge in [0.15, 0.2) is 5.76 Å². The predicted octanol–water partition coefficient (Wildman–Crippen LogP) is 3.90. The van der Waals surface area contributed by atoms with Gasteiger partial charge < -0.3 is 19.5 Å². The van der Waals surface area contributed by atoms with E-state index in [1.807, 2.05) is 31.2 Å². The summed E-state index contributed by atoms with van der Waals surface area (Å²) in [5.41, 5.74) is 0.843. The highest BCUT2D eigenvalue weighted by Crippen LogP contribution is 2.41. The summed E-state index contributed by atoms with van der Waals surface area (Å²) in [6, 6.07) is 10.1. The number of thiophene rings is 1. The number of nitrogens with zero attached hydrogens (tertiary/aromatic N) is 1. The van der Waals surface area contributed by atoms with Crippen LogP contribution in [0, 0.1) is 0 Å². The summed E-state index contributed by atoms with van der Waals surface area (Å²) in [6.45, 7) is 3.40. The Kier molecular flexibility index (Phi) is 5.69. The molecule has 29 heavy (non-hydrogen) atoms. The molecule has 1 saturated heterocycles. The Morgan fingerprint density at radius 1 is 1.34 bits per heavy atom. The minimum absolute atomic E-state index is 0.0967. The lowest BCUT2D eigenvalue weighted by Gasteiger charge is -2.29. The van der Waals surface area contributed by atoms with Crippen LogP contribution < -0.4 is 4.74 Å². The molecule has 4 rings (SSSR count). The number of carbonyl (C=O) groups is 2. The van der Waals surface area contributed by atoms with Crippen LogP contribution >= 0.6 is 11.3 Å². The van der Waals surface area contributed by atoms with Gasteiger partial charge in [-0.25, -0.2) is 0 Å². The third-order valence-electron chi connectivity index (χ3n) is 5.20. The van der Waals surface area contributed by atoms with Crippen LogP contribution in [0.2, 0.25) is 0 Å². The van der Waals surface area contributed by atoms with Crippen LogP contribution in [-0.4, -0.2) is 47.6 Å². The Bertz CT molecular complexity index is 930. The second-order valence-corrected chi connectivity index (χ2v) is 8.02. The van der Waals surface area contributed by atoms with Crippen molar-refractivity contribution in [2.45, 2.75) is 31.9 Å². The molecule has 2 unspecified atom stereocenters. The maximum Gasteiger partial charge on any atom is 0.290 e. The zero-order valence-corrected chi connectivity index (χ0v) is 17.0. The van der Waals surface area contributed by atoms with E-state index in [1.165, 1.54) is 11.3 Å². The average molecular weight is 413 g/mol. The molecule has 1 N–H and O–H groups in total. The molecule has 2 aliphatic rings. The van der Waals surface area contributed by atoms with E-state index in [1.54, 1.807) is 22.4 Å². The zero-order valence-electron chi connectivity index (χ0n) is 16.2. The third kappa shape index (κ3) is 3.80. The molecular formula is C22H23NO5S. The van der Waals surface area contributed by atoms with E-state index < -0.39 is 17.7 Å². The van der Waals surface area contributed by atoms with Gasteiger partial charge in [0.25, 0.3) is 5.91 Å². The van der Waals surface area contributed by atoms with Crippen molar-refractivity contribution < 1.29 is 24.2 Å². The third-order valence-corrected chi connectivity index (χ3v) is 6.07. The number of carbonyl (C=O) groups excluding carboxylic acids is 2. The van der Waals surface area contributed by atoms with E-state index >= 15 is 0 Å². The normalized spacial score (nSPS) is 21.8. The van der Waals surface area contributed by atoms with Crippen molar-refractivity contribution in [3.8, 4) is 5.75 Å². The number of hydrogen-bond acceptors (Lipinski definition) is 6. The predicted molar refractivity (Wildman–Crippen MR) is 109 cm³/mol. The van der Waals surface area contributed by atoms with Gasteiger partial charge in [-0.2, -0.15) is 0 Å². The molecule has 0 saturated carbocycles. The van der Waals surface area contributed by atoms with Gasteiger partial charge in [0.05, 0.1) is 29.2 Å². The summed E-state index contributed by atoms with van der Waals surface area (Å²) in [5.74, 6) is -0.684. The largest absolute Gasteiger partial charge is 0.503 e. The van der Waals surface area contributed by atoms with Crippen molar-refractivity contribution in [3.05, 3.63) is 63.6 Å². The van der Waals surface area contributed by atoms with Crippen LogP contribution in [0.3, 0.4) is 0 Å². The standard InChI is InChI=1S/C22H23NO5S/c1-2-27-15-7-3-6-14(12-15)19-18(20(24)17-9-5-11-29-17)21(25)22(26)23(19)13-16-8-4-10-28-16/h3,5-7,9,11-12,16,19,25H,2,4,8,10,13H2,1H3. The lowest BCUT2D eigenvalue weighted by molar-refractivity contribution is -0.131. The quantitative estimate of drug-likeness (QED) is 0.697. The van der Waals surface area contributed by atoms with Gasteiger partial charge in [-0.15, -0.1) is 11.3 Å². The first-order chi connectivity index (χ1) is 14.1. The number of rotatable bonds is 7. The van der Waals surface area contributed by atoms with Crippen molar-refractivity contribution >= 4 is 23.0 Å². The van der Waals surface area contributed by atoms with Crippen LogP contribution in [0.25, 0.3) is 0 Å². The molecule has 2 atom stereocenters. The number of aliphatic hydroxyl groups is 1. The number of ether oxygens (including phenoxy) is 2. The lowest BCUT2D eigenvalue weighted by atomic mass is 9.95. The van der Waals surface area contributed by atoms with Crippen molar-refractivity contribution in [1.82, 2.24) is 4.90 Å². The molecule has 0 aliphatic carbocycles. The number of ketones is 1. The topological polar surface area (TPSA) is 76.1 Å². The van der Waals surface area contributed by atoms with Gasteiger partial charge in [-0.1, -0.05) is 18.2 Å². The van der Waals surface area contributed by atoms with Gasteiger partial charge in [-0.3, -0.25) is 9.59 Å². The Hall–Kier alpha value is -2.64. The molecular weight excluding hydrogens is 390 g/mol. The molecule has 0 radical (unpaired) electrons. The van der Waals surface area contributed by atoms with Gasteiger partial charge >= 0.3 is 0 Å². The molecule has 1 fully saturated rings. The van der Waals surface area contributed by atoms with E-state index in [2.05, 4.69) is 0 Å². The monoisotopic (exact) mass is 413 g/mol. The number of hydrogen-bond donors (Lipinski definition) is 1. The van der Waals surface area contributed by atoms with E-state index in [9.17, 15) is 14.7 Å². The molecule has 0 bridgehead atoms. The minimum atomic E-state index is -0.679. The van der Waals surface area contributed by atoms with Crippen molar-refractivity contribution in [3.63, 3.8) is 0 Å². The second kappa shape index (κ2) is 8.39. The summed E-state index contributed by atoms with van der Waals surface area (Å²) in [7, 11) is 0. The first-order valence-electron chi connectivity index (χ1n) is 9.76. The molecule has 6 nitrogen and oxygen atoms in total. The Labute approximate surface area is 173 Å². The molecule has 2 aliphatic heterocycles. The molecule has 0 spiro atoms. The zero-order chi connectivity index (χ0) is 20.4. The maximum atomic E-state index is 13.2. The van der Waals surface area contributed by atoms with Gasteiger partial charge in [0.1, 0.15) is 5.75 Å². The van der Waals surface area contributed by atoms with Crippen LogP contribution in [-0.2, 0) is 9.53 Å². The molecule has 152 valence electrons. The number of benzene rings is 1. The smallest absolute Gasteiger partial charge is 0.290 e. The molecule has 1 aromatic heterocycles. The summed E-state index contributed by atoms with van der Waals surface area (Å²) < 4.78 is 11.3. The SMILES string of the molecule is CCOc1cccc(C2C(C(=O)c3cccs3)=C(O)C(=O)N2CC2CCCO2)c1. The summed E-state index contributed by atoms with van der Waals surface area (Å²) in [6.07, 6.45) is 1.70. The fourth-order valence-corrected chi connectivity index (χ4v) is 4.59. The summed E-state index contributed by atoms with van der Waals surface area (Å²) >= 11 is 1.29. The molecule has 7 heteroatoms. The fourth-order valence-electron chi connectivity index (χ4n) is 3.91. The maximum absolute atomic E-state index is 13.2. The number of amides is 1. The highest BCUT2D eigenvalue weighted by molar-refractivity contribution is 7.12. The fraction of sp³-hybridized carbons (Fsp3) is 0.364. The average Bonchev–Trinajstić information content (AvgIpc) is 3.47. The number of aliphatic hydroxyl groups excluding tert-OH is 1. The second-order valence-electron chi connectivity index (χ2n) is 7.07. The highest BCUT2D eigenvalue weighted by Gasteiger charge is 2.45. The first-order valence-corrected chi connectivity index (χ1v) is 10.6. The first kappa shape index (κ1) is 19.7. The van der Waals surface area contributed by atoms with Crippen LogP contribution in [0.1, 0.15) is 41.0 Å². The van der Waals surface area contributed by atoms with Gasteiger partial charge in [0.2, 0.25) is 5.78 Å². The Morgan fingerprint density at radius 3 is 2.90 bits per heavy atom. The Balaban J connectivity index is 1.75. The lowest BCUT2D eigenvalue weighted by Crippen LogP contribution is -2.37. The minimum Gasteiger partial charge on any atom is -0.503 e. The van der Waals surface area contributed by atoms with Crippen LogP contribution in [0.15, 0.2) is 53.1 Å². The van der Waals surface area contributed by atoms with E-state index in [0.29, 0.717) is 30.4 Å². The highest BCUT2D eigenvalue weighted by atomic mass is 32.1. The van der Waals surface area contributed by atoms with Crippen molar-refractivity contribution in [2.24, 2.45) is 0 Å². The van der Waals surface area contributed by atoms with E-state index in [4.69, 9.17) is 9.47 Å². The van der Waals surface area contributed by atoms with E-state index in [0.717, 1.165) is 18.4 Å². The van der Waals surface area contributed by atoms with Crippen LogP contribution in [0.4, 0.5) is 0 Å². The summed E-state index contributed by atoms with van der Waals surface area (Å²) in [4.78, 5) is 28.2. The van der Waals surface area contributed by atoms with Crippen molar-refractivity contribution in [1.29, 1.82) is 0 Å². The summed E-state index contributed by atoms with van der Waals surface area (Å²) in [5, 5.41) is 12.5. The van der Waals surface area contributed by atoms with Gasteiger partial charge in [-0.05, 0) is 48.9 Å². The van der Waals surface area contributed by atoms with E-state index in [-0.39, 0.29) is 17.5 Å². The molecule has 2 aromatic rings. The van der Waals surface area contributed by atoms with Gasteiger partial charge in [0, 0.05) is 13.2 Å². The number of Topliss-reactive ketones (excluding diaryl/α,β-unsaturated/α-hetero) is 1. The molecule has 1 aromatic carbocycles. The molecule has 3 heterocycles.